The molecule has 3 aliphatic rings. The Hall–Kier alpha value is -1.93. The fraction of sp³-hybridized carbons (Fsp3) is 0.548. The Morgan fingerprint density at radius 2 is 1.58 bits per heavy atom. The summed E-state index contributed by atoms with van der Waals surface area (Å²) in [6.07, 6.45) is 13.9. The molecule has 0 radical (unpaired) electrons. The summed E-state index contributed by atoms with van der Waals surface area (Å²) in [7, 11) is 0. The van der Waals surface area contributed by atoms with Gasteiger partial charge in [-0.2, -0.15) is 0 Å². The predicted molar refractivity (Wildman–Crippen MR) is 137 cm³/mol. The van der Waals surface area contributed by atoms with Crippen LogP contribution in [0.25, 0.3) is 5.57 Å². The Balaban J connectivity index is 1.39. The van der Waals surface area contributed by atoms with E-state index in [1.54, 1.807) is 11.1 Å². The van der Waals surface area contributed by atoms with Crippen molar-refractivity contribution in [2.24, 2.45) is 11.8 Å². The third kappa shape index (κ3) is 5.43. The molecule has 0 N–H and O–H groups in total. The minimum atomic E-state index is -0.190. The maximum atomic E-state index is 12.4. The highest BCUT2D eigenvalue weighted by atomic mass is 19.1. The first kappa shape index (κ1) is 22.8. The van der Waals surface area contributed by atoms with Crippen molar-refractivity contribution in [3.05, 3.63) is 76.4 Å². The Bertz CT molecular complexity index is 930. The zero-order valence-electron chi connectivity index (χ0n) is 20.2. The van der Waals surface area contributed by atoms with Gasteiger partial charge in [-0.25, -0.2) is 0 Å². The molecule has 0 unspecified atom stereocenters. The van der Waals surface area contributed by atoms with Crippen molar-refractivity contribution in [2.75, 3.05) is 26.3 Å². The maximum Gasteiger partial charge on any atom is 0.0906 e. The number of likely N-dealkylation sites (tertiary alicyclic amines) is 1. The molecule has 176 valence electrons. The van der Waals surface area contributed by atoms with Gasteiger partial charge in [-0.1, -0.05) is 79.8 Å². The number of aryl methyl sites for hydroxylation is 1. The van der Waals surface area contributed by atoms with Gasteiger partial charge in [0.15, 0.2) is 0 Å². The number of rotatable bonds is 7. The van der Waals surface area contributed by atoms with E-state index in [1.807, 2.05) is 0 Å². The first-order valence-electron chi connectivity index (χ1n) is 13.5. The van der Waals surface area contributed by atoms with Crippen LogP contribution in [0.3, 0.4) is 0 Å². The summed E-state index contributed by atoms with van der Waals surface area (Å²) in [5.74, 6) is 1.49. The number of hydrogen-bond donors (Lipinski definition) is 0. The first-order valence-corrected chi connectivity index (χ1v) is 13.5. The van der Waals surface area contributed by atoms with Gasteiger partial charge < -0.3 is 4.90 Å². The van der Waals surface area contributed by atoms with Crippen molar-refractivity contribution in [2.45, 2.75) is 70.6 Å². The molecule has 2 heteroatoms. The Kier molecular flexibility index (Phi) is 7.61. The normalized spacial score (nSPS) is 20.8. The van der Waals surface area contributed by atoms with E-state index < -0.39 is 0 Å². The molecule has 0 atom stereocenters. The minimum Gasteiger partial charge on any atom is -0.303 e. The van der Waals surface area contributed by atoms with Gasteiger partial charge in [0, 0.05) is 19.6 Å². The van der Waals surface area contributed by atoms with E-state index in [4.69, 9.17) is 0 Å². The number of halogens is 1. The van der Waals surface area contributed by atoms with Gasteiger partial charge >= 0.3 is 0 Å². The minimum absolute atomic E-state index is 0.190. The van der Waals surface area contributed by atoms with E-state index in [2.05, 4.69) is 53.4 Å². The van der Waals surface area contributed by atoms with Crippen LogP contribution in [0.2, 0.25) is 0 Å². The van der Waals surface area contributed by atoms with Crippen molar-refractivity contribution in [1.29, 1.82) is 0 Å². The van der Waals surface area contributed by atoms with Crippen molar-refractivity contribution < 1.29 is 4.39 Å². The van der Waals surface area contributed by atoms with E-state index in [9.17, 15) is 4.39 Å². The molecule has 0 spiro atoms. The second kappa shape index (κ2) is 11.0. The standard InChI is InChI=1S/C31H40FN/c32-19-8-20-33-22-25(23-33)21-24-15-17-28(18-16-24)31-29-13-6-5-11-27(29)12-7-14-30(31)26-9-3-1-2-4-10-26/h5-6,11,13,15-18,25-26H,1-4,7-10,12,14,19-23H2. The zero-order chi connectivity index (χ0) is 22.5. The lowest BCUT2D eigenvalue weighted by Gasteiger charge is -2.39. The third-order valence-corrected chi connectivity index (χ3v) is 8.26. The highest BCUT2D eigenvalue weighted by Gasteiger charge is 2.27. The third-order valence-electron chi connectivity index (χ3n) is 8.26. The summed E-state index contributed by atoms with van der Waals surface area (Å²) >= 11 is 0. The Morgan fingerprint density at radius 3 is 2.33 bits per heavy atom. The number of fused-ring (bicyclic) bond motifs is 1. The molecule has 0 bridgehead atoms. The lowest BCUT2D eigenvalue weighted by atomic mass is 9.81. The Labute approximate surface area is 200 Å². The van der Waals surface area contributed by atoms with E-state index in [1.165, 1.54) is 80.0 Å². The summed E-state index contributed by atoms with van der Waals surface area (Å²) in [6.45, 7) is 2.99. The van der Waals surface area contributed by atoms with Gasteiger partial charge in [-0.15, -0.1) is 0 Å². The van der Waals surface area contributed by atoms with Gasteiger partial charge in [0.2, 0.25) is 0 Å². The largest absolute Gasteiger partial charge is 0.303 e. The number of benzene rings is 2. The van der Waals surface area contributed by atoms with Crippen LogP contribution in [-0.4, -0.2) is 31.2 Å². The molecule has 5 rings (SSSR count). The number of alkyl halides is 1. The van der Waals surface area contributed by atoms with Crippen LogP contribution in [0.4, 0.5) is 4.39 Å². The average Bonchev–Trinajstić information content (AvgIpc) is 3.20. The molecule has 2 aromatic rings. The van der Waals surface area contributed by atoms with Crippen LogP contribution >= 0.6 is 0 Å². The van der Waals surface area contributed by atoms with E-state index in [0.717, 1.165) is 37.9 Å². The summed E-state index contributed by atoms with van der Waals surface area (Å²) < 4.78 is 12.4. The summed E-state index contributed by atoms with van der Waals surface area (Å²) in [5.41, 5.74) is 9.20. The molecule has 0 amide bonds. The topological polar surface area (TPSA) is 3.24 Å². The fourth-order valence-corrected chi connectivity index (χ4v) is 6.54. The molecule has 1 saturated heterocycles. The van der Waals surface area contributed by atoms with Crippen molar-refractivity contribution in [3.8, 4) is 0 Å². The molecule has 2 aromatic carbocycles. The lowest BCUT2D eigenvalue weighted by Crippen LogP contribution is -2.47. The highest BCUT2D eigenvalue weighted by Crippen LogP contribution is 2.42. The smallest absolute Gasteiger partial charge is 0.0906 e. The van der Waals surface area contributed by atoms with Crippen LogP contribution < -0.4 is 0 Å². The maximum absolute atomic E-state index is 12.4. The first-order chi connectivity index (χ1) is 16.3. The molecule has 33 heavy (non-hydrogen) atoms. The molecule has 2 aliphatic carbocycles. The van der Waals surface area contributed by atoms with Crippen molar-refractivity contribution >= 4 is 5.57 Å². The van der Waals surface area contributed by atoms with E-state index >= 15 is 0 Å². The van der Waals surface area contributed by atoms with Gasteiger partial charge in [0.1, 0.15) is 0 Å². The van der Waals surface area contributed by atoms with Gasteiger partial charge in [0.25, 0.3) is 0 Å². The van der Waals surface area contributed by atoms with Crippen LogP contribution in [0, 0.1) is 11.8 Å². The zero-order valence-corrected chi connectivity index (χ0v) is 20.2. The average molecular weight is 446 g/mol. The Morgan fingerprint density at radius 1 is 0.818 bits per heavy atom. The van der Waals surface area contributed by atoms with Crippen molar-refractivity contribution in [1.82, 2.24) is 4.90 Å². The summed E-state index contributed by atoms with van der Waals surface area (Å²) in [4.78, 5) is 2.39. The van der Waals surface area contributed by atoms with Crippen LogP contribution in [0.15, 0.2) is 54.1 Å². The van der Waals surface area contributed by atoms with Gasteiger partial charge in [-0.3, -0.25) is 4.39 Å². The van der Waals surface area contributed by atoms with Crippen molar-refractivity contribution in [3.63, 3.8) is 0 Å². The molecular weight excluding hydrogens is 405 g/mol. The predicted octanol–water partition coefficient (Wildman–Crippen LogP) is 7.63. The molecule has 1 saturated carbocycles. The molecule has 1 aliphatic heterocycles. The molecule has 2 fully saturated rings. The molecule has 1 nitrogen and oxygen atoms in total. The van der Waals surface area contributed by atoms with Crippen LogP contribution in [-0.2, 0) is 12.8 Å². The van der Waals surface area contributed by atoms with E-state index in [-0.39, 0.29) is 6.67 Å². The monoisotopic (exact) mass is 445 g/mol. The highest BCUT2D eigenvalue weighted by molar-refractivity contribution is 5.84. The number of allylic oxidation sites excluding steroid dienone is 1. The second-order valence-electron chi connectivity index (χ2n) is 10.7. The summed E-state index contributed by atoms with van der Waals surface area (Å²) in [5, 5.41) is 0. The number of hydrogen-bond acceptors (Lipinski definition) is 1. The summed E-state index contributed by atoms with van der Waals surface area (Å²) in [6, 6.07) is 18.7. The quantitative estimate of drug-likeness (QED) is 0.396. The van der Waals surface area contributed by atoms with Gasteiger partial charge in [-0.05, 0) is 84.6 Å². The molecular formula is C31H40FN. The fourth-order valence-electron chi connectivity index (χ4n) is 6.54. The van der Waals surface area contributed by atoms with Gasteiger partial charge in [0.05, 0.1) is 6.67 Å². The van der Waals surface area contributed by atoms with E-state index in [0.29, 0.717) is 6.42 Å². The molecule has 0 aromatic heterocycles. The molecule has 1 heterocycles. The van der Waals surface area contributed by atoms with Crippen LogP contribution in [0.1, 0.15) is 80.0 Å². The second-order valence-corrected chi connectivity index (χ2v) is 10.7. The SMILES string of the molecule is FCCCN1CC(Cc2ccc(C3=C(C4CCCCCC4)CCCc4ccccc43)cc2)C1. The lowest BCUT2D eigenvalue weighted by molar-refractivity contribution is 0.0968. The number of nitrogens with zero attached hydrogens (tertiary/aromatic N) is 1. The van der Waals surface area contributed by atoms with Crippen LogP contribution in [0.5, 0.6) is 0 Å².